The van der Waals surface area contributed by atoms with Crippen molar-refractivity contribution in [3.05, 3.63) is 21.1 Å². The second kappa shape index (κ2) is 6.23. The van der Waals surface area contributed by atoms with Crippen molar-refractivity contribution in [2.24, 2.45) is 0 Å². The van der Waals surface area contributed by atoms with Crippen molar-refractivity contribution in [3.8, 4) is 0 Å². The molecule has 0 bridgehead atoms. The number of nitrogens with two attached hydrogens (primary N) is 1. The number of carbonyl (C=O) groups excluding carboxylic acids is 1. The second-order valence-corrected chi connectivity index (χ2v) is 8.23. The molecule has 0 spiro atoms. The zero-order valence-electron chi connectivity index (χ0n) is 11.3. The van der Waals surface area contributed by atoms with Crippen LogP contribution in [0.3, 0.4) is 0 Å². The quantitative estimate of drug-likeness (QED) is 0.699. The minimum absolute atomic E-state index is 0.00106. The van der Waals surface area contributed by atoms with Gasteiger partial charge in [-0.25, -0.2) is 8.42 Å². The number of amides is 1. The number of hydrogen-bond donors (Lipinski definition) is 2. The number of carbonyl (C=O) groups is 1. The molecule has 1 saturated heterocycles. The van der Waals surface area contributed by atoms with E-state index in [-0.39, 0.29) is 23.0 Å². The number of nitrogens with zero attached hydrogens (tertiary/aromatic N) is 1. The Kier molecular flexibility index (Phi) is 4.96. The van der Waals surface area contributed by atoms with E-state index >= 15 is 0 Å². The summed E-state index contributed by atoms with van der Waals surface area (Å²) in [6.07, 6.45) is 0.402. The van der Waals surface area contributed by atoms with Crippen molar-refractivity contribution in [1.82, 2.24) is 9.62 Å². The van der Waals surface area contributed by atoms with Crippen LogP contribution in [0.1, 0.15) is 13.3 Å². The van der Waals surface area contributed by atoms with Crippen LogP contribution in [0.2, 0.25) is 0 Å². The van der Waals surface area contributed by atoms with Gasteiger partial charge in [0.05, 0.1) is 5.69 Å². The van der Waals surface area contributed by atoms with Gasteiger partial charge in [-0.1, -0.05) is 22.9 Å². The molecular formula is C12H15Br2N3O3S. The maximum Gasteiger partial charge on any atom is 0.247 e. The van der Waals surface area contributed by atoms with Gasteiger partial charge in [-0.05, 0) is 34.5 Å². The maximum atomic E-state index is 12.9. The number of halogens is 2. The summed E-state index contributed by atoms with van der Waals surface area (Å²) in [5.74, 6) is -0.279. The number of piperazine rings is 1. The van der Waals surface area contributed by atoms with Crippen molar-refractivity contribution in [1.29, 1.82) is 0 Å². The van der Waals surface area contributed by atoms with Crippen LogP contribution in [-0.4, -0.2) is 37.8 Å². The molecule has 1 aliphatic rings. The molecule has 1 atom stereocenters. The van der Waals surface area contributed by atoms with E-state index in [1.165, 1.54) is 10.4 Å². The van der Waals surface area contributed by atoms with E-state index in [1.54, 1.807) is 13.0 Å². The highest BCUT2D eigenvalue weighted by molar-refractivity contribution is 9.11. The highest BCUT2D eigenvalue weighted by Crippen LogP contribution is 2.34. The van der Waals surface area contributed by atoms with Crippen LogP contribution in [0.25, 0.3) is 0 Å². The van der Waals surface area contributed by atoms with Crippen LogP contribution in [-0.2, 0) is 14.8 Å². The summed E-state index contributed by atoms with van der Waals surface area (Å²) in [6, 6.07) is 2.44. The van der Waals surface area contributed by atoms with E-state index in [4.69, 9.17) is 5.73 Å². The van der Waals surface area contributed by atoms with Gasteiger partial charge in [0, 0.05) is 22.0 Å². The fourth-order valence-electron chi connectivity index (χ4n) is 2.34. The van der Waals surface area contributed by atoms with E-state index in [0.717, 1.165) is 0 Å². The molecule has 1 fully saturated rings. The fourth-order valence-corrected chi connectivity index (χ4v) is 6.02. The molecule has 3 N–H and O–H groups in total. The lowest BCUT2D eigenvalue weighted by Gasteiger charge is -2.33. The third-order valence-corrected chi connectivity index (χ3v) is 6.64. The Morgan fingerprint density at radius 1 is 1.43 bits per heavy atom. The summed E-state index contributed by atoms with van der Waals surface area (Å²) in [7, 11) is -3.85. The first-order chi connectivity index (χ1) is 9.78. The Balaban J connectivity index is 2.54. The van der Waals surface area contributed by atoms with Gasteiger partial charge < -0.3 is 11.1 Å². The first-order valence-electron chi connectivity index (χ1n) is 6.33. The fraction of sp³-hybridized carbons (Fsp3) is 0.417. The van der Waals surface area contributed by atoms with E-state index in [0.29, 0.717) is 21.9 Å². The number of benzene rings is 1. The molecule has 0 saturated carbocycles. The van der Waals surface area contributed by atoms with Gasteiger partial charge in [0.2, 0.25) is 15.9 Å². The first-order valence-corrected chi connectivity index (χ1v) is 9.35. The van der Waals surface area contributed by atoms with Crippen molar-refractivity contribution >= 4 is 53.5 Å². The molecule has 21 heavy (non-hydrogen) atoms. The SMILES string of the molecule is CCC1C(=O)NCCN1S(=O)(=O)c1c(N)cc(Br)cc1Br. The molecule has 0 aromatic heterocycles. The van der Waals surface area contributed by atoms with Crippen molar-refractivity contribution in [2.75, 3.05) is 18.8 Å². The van der Waals surface area contributed by atoms with Crippen LogP contribution < -0.4 is 11.1 Å². The van der Waals surface area contributed by atoms with Gasteiger partial charge >= 0.3 is 0 Å². The molecule has 0 aliphatic carbocycles. The molecule has 1 aromatic carbocycles. The van der Waals surface area contributed by atoms with Crippen LogP contribution in [0, 0.1) is 0 Å². The molecule has 1 unspecified atom stereocenters. The molecule has 1 aromatic rings. The number of rotatable bonds is 3. The molecule has 6 nitrogen and oxygen atoms in total. The van der Waals surface area contributed by atoms with Crippen LogP contribution in [0.4, 0.5) is 5.69 Å². The lowest BCUT2D eigenvalue weighted by atomic mass is 10.2. The minimum Gasteiger partial charge on any atom is -0.398 e. The lowest BCUT2D eigenvalue weighted by molar-refractivity contribution is -0.126. The summed E-state index contributed by atoms with van der Waals surface area (Å²) in [4.78, 5) is 11.9. The number of anilines is 1. The highest BCUT2D eigenvalue weighted by atomic mass is 79.9. The van der Waals surface area contributed by atoms with Gasteiger partial charge in [0.15, 0.2) is 0 Å². The van der Waals surface area contributed by atoms with E-state index in [1.807, 2.05) is 0 Å². The molecule has 1 amide bonds. The molecule has 2 rings (SSSR count). The normalized spacial score (nSPS) is 20.3. The predicted molar refractivity (Wildman–Crippen MR) is 87.2 cm³/mol. The summed E-state index contributed by atoms with van der Waals surface area (Å²) in [5, 5.41) is 2.68. The van der Waals surface area contributed by atoms with Crippen molar-refractivity contribution < 1.29 is 13.2 Å². The standard InChI is InChI=1S/C12H15Br2N3O3S/c1-2-10-12(18)16-3-4-17(10)21(19,20)11-8(14)5-7(13)6-9(11)15/h5-6,10H,2-4,15H2,1H3,(H,16,18). The average Bonchev–Trinajstić information content (AvgIpc) is 2.36. The average molecular weight is 441 g/mol. The number of sulfonamides is 1. The third-order valence-electron chi connectivity index (χ3n) is 3.27. The largest absolute Gasteiger partial charge is 0.398 e. The first kappa shape index (κ1) is 16.7. The summed E-state index contributed by atoms with van der Waals surface area (Å²) < 4.78 is 28.0. The molecule has 0 radical (unpaired) electrons. The van der Waals surface area contributed by atoms with E-state index in [2.05, 4.69) is 37.2 Å². The Labute approximate surface area is 140 Å². The number of nitrogen functional groups attached to an aromatic ring is 1. The van der Waals surface area contributed by atoms with E-state index < -0.39 is 16.1 Å². The highest BCUT2D eigenvalue weighted by Gasteiger charge is 2.39. The van der Waals surface area contributed by atoms with Crippen LogP contribution in [0.5, 0.6) is 0 Å². The molecule has 116 valence electrons. The molecule has 1 aliphatic heterocycles. The predicted octanol–water partition coefficient (Wildman–Crippen LogP) is 1.69. The summed E-state index contributed by atoms with van der Waals surface area (Å²) in [5.41, 5.74) is 6.01. The second-order valence-electron chi connectivity index (χ2n) is 4.64. The Morgan fingerprint density at radius 3 is 2.67 bits per heavy atom. The smallest absolute Gasteiger partial charge is 0.247 e. The van der Waals surface area contributed by atoms with Gasteiger partial charge in [0.1, 0.15) is 10.9 Å². The van der Waals surface area contributed by atoms with Gasteiger partial charge in [-0.15, -0.1) is 0 Å². The lowest BCUT2D eigenvalue weighted by Crippen LogP contribution is -2.56. The number of hydrogen-bond acceptors (Lipinski definition) is 4. The zero-order chi connectivity index (χ0) is 15.8. The Bertz CT molecular complexity index is 655. The van der Waals surface area contributed by atoms with Crippen molar-refractivity contribution in [2.45, 2.75) is 24.3 Å². The third kappa shape index (κ3) is 3.10. The van der Waals surface area contributed by atoms with Crippen LogP contribution in [0.15, 0.2) is 26.0 Å². The zero-order valence-corrected chi connectivity index (χ0v) is 15.3. The molecule has 9 heteroatoms. The topological polar surface area (TPSA) is 92.5 Å². The van der Waals surface area contributed by atoms with Gasteiger partial charge in [-0.2, -0.15) is 4.31 Å². The Morgan fingerprint density at radius 2 is 2.10 bits per heavy atom. The van der Waals surface area contributed by atoms with Crippen molar-refractivity contribution in [3.63, 3.8) is 0 Å². The van der Waals surface area contributed by atoms with Crippen LogP contribution >= 0.6 is 31.9 Å². The van der Waals surface area contributed by atoms with Gasteiger partial charge in [-0.3, -0.25) is 4.79 Å². The van der Waals surface area contributed by atoms with Gasteiger partial charge in [0.25, 0.3) is 0 Å². The minimum atomic E-state index is -3.85. The Hall–Kier alpha value is -0.640. The summed E-state index contributed by atoms with van der Waals surface area (Å²) >= 11 is 6.50. The summed E-state index contributed by atoms with van der Waals surface area (Å²) in [6.45, 7) is 2.30. The maximum absolute atomic E-state index is 12.9. The molecule has 1 heterocycles. The van der Waals surface area contributed by atoms with E-state index in [9.17, 15) is 13.2 Å². The number of nitrogens with one attached hydrogen (secondary N) is 1. The monoisotopic (exact) mass is 439 g/mol. The molecular weight excluding hydrogens is 426 g/mol.